The van der Waals surface area contributed by atoms with E-state index in [1.54, 1.807) is 0 Å². The van der Waals surface area contributed by atoms with Crippen LogP contribution in [-0.2, 0) is 14.8 Å². The standard InChI is InChI=1S/C10H15N3O4S2.ClH/c1-17-9(14)8-10(18-6-12-8)19(15,16)13-7-3-2-4-11-5-7;/h6-7,11,13H,2-5H2,1H3;1H. The minimum atomic E-state index is -3.74. The minimum Gasteiger partial charge on any atom is -0.464 e. The van der Waals surface area contributed by atoms with Crippen molar-refractivity contribution in [1.29, 1.82) is 0 Å². The van der Waals surface area contributed by atoms with Gasteiger partial charge in [0.15, 0.2) is 9.90 Å². The maximum absolute atomic E-state index is 12.2. The smallest absolute Gasteiger partial charge is 0.358 e. The number of carbonyl (C=O) groups is 1. The molecule has 1 aliphatic rings. The van der Waals surface area contributed by atoms with Crippen LogP contribution in [0.4, 0.5) is 0 Å². The number of aromatic nitrogens is 1. The molecule has 2 rings (SSSR count). The number of rotatable bonds is 4. The zero-order chi connectivity index (χ0) is 13.9. The third kappa shape index (κ3) is 3.89. The van der Waals surface area contributed by atoms with Gasteiger partial charge < -0.3 is 10.1 Å². The molecule has 1 unspecified atom stereocenters. The number of ether oxygens (including phenoxy) is 1. The van der Waals surface area contributed by atoms with E-state index >= 15 is 0 Å². The van der Waals surface area contributed by atoms with Gasteiger partial charge in [-0.1, -0.05) is 0 Å². The molecule has 1 saturated heterocycles. The third-order valence-electron chi connectivity index (χ3n) is 2.78. The summed E-state index contributed by atoms with van der Waals surface area (Å²) in [6.45, 7) is 1.48. The zero-order valence-electron chi connectivity index (χ0n) is 10.8. The molecule has 2 heterocycles. The molecule has 0 aromatic carbocycles. The van der Waals surface area contributed by atoms with Crippen LogP contribution in [0.1, 0.15) is 23.3 Å². The van der Waals surface area contributed by atoms with Crippen molar-refractivity contribution in [3.63, 3.8) is 0 Å². The van der Waals surface area contributed by atoms with E-state index in [9.17, 15) is 13.2 Å². The molecule has 114 valence electrons. The lowest BCUT2D eigenvalue weighted by Gasteiger charge is -2.23. The summed E-state index contributed by atoms with van der Waals surface area (Å²) in [5, 5.41) is 3.12. The van der Waals surface area contributed by atoms with Crippen LogP contribution < -0.4 is 10.0 Å². The second-order valence-corrected chi connectivity index (χ2v) is 6.91. The van der Waals surface area contributed by atoms with E-state index in [1.807, 2.05) is 0 Å². The fourth-order valence-corrected chi connectivity index (χ4v) is 4.30. The molecule has 0 spiro atoms. The summed E-state index contributed by atoms with van der Waals surface area (Å²) < 4.78 is 31.5. The Labute approximate surface area is 127 Å². The molecule has 0 bridgehead atoms. The first kappa shape index (κ1) is 17.3. The second kappa shape index (κ2) is 7.32. The molecular formula is C10H16ClN3O4S2. The molecule has 0 radical (unpaired) electrons. The SMILES string of the molecule is COC(=O)c1ncsc1S(=O)(=O)NC1CCCNC1.Cl. The van der Waals surface area contributed by atoms with Crippen molar-refractivity contribution in [2.45, 2.75) is 23.1 Å². The van der Waals surface area contributed by atoms with E-state index in [1.165, 1.54) is 12.6 Å². The highest BCUT2D eigenvalue weighted by molar-refractivity contribution is 7.91. The van der Waals surface area contributed by atoms with Crippen LogP contribution in [0.25, 0.3) is 0 Å². The molecule has 7 nitrogen and oxygen atoms in total. The van der Waals surface area contributed by atoms with E-state index < -0.39 is 16.0 Å². The Balaban J connectivity index is 0.00000200. The number of thiazole rings is 1. The first-order valence-corrected chi connectivity index (χ1v) is 8.15. The summed E-state index contributed by atoms with van der Waals surface area (Å²) in [5.41, 5.74) is 1.16. The number of carbonyl (C=O) groups excluding carboxylic acids is 1. The number of halogens is 1. The topological polar surface area (TPSA) is 97.4 Å². The number of esters is 1. The number of hydrogen-bond acceptors (Lipinski definition) is 7. The summed E-state index contributed by atoms with van der Waals surface area (Å²) in [6.07, 6.45) is 1.69. The number of sulfonamides is 1. The van der Waals surface area contributed by atoms with Gasteiger partial charge in [-0.2, -0.15) is 0 Å². The van der Waals surface area contributed by atoms with E-state index in [0.717, 1.165) is 30.7 Å². The van der Waals surface area contributed by atoms with Crippen LogP contribution in [0, 0.1) is 0 Å². The number of nitrogens with one attached hydrogen (secondary N) is 2. The maximum Gasteiger partial charge on any atom is 0.358 e. The molecule has 2 N–H and O–H groups in total. The Morgan fingerprint density at radius 1 is 1.60 bits per heavy atom. The van der Waals surface area contributed by atoms with E-state index in [0.29, 0.717) is 6.54 Å². The quantitative estimate of drug-likeness (QED) is 0.768. The lowest BCUT2D eigenvalue weighted by atomic mass is 10.1. The lowest BCUT2D eigenvalue weighted by Crippen LogP contribution is -2.45. The van der Waals surface area contributed by atoms with E-state index in [-0.39, 0.29) is 28.4 Å². The number of methoxy groups -OCH3 is 1. The minimum absolute atomic E-state index is 0. The van der Waals surface area contributed by atoms with Crippen molar-refractivity contribution >= 4 is 39.7 Å². The molecule has 0 aliphatic carbocycles. The van der Waals surface area contributed by atoms with Gasteiger partial charge in [0, 0.05) is 12.6 Å². The molecule has 0 saturated carbocycles. The highest BCUT2D eigenvalue weighted by Crippen LogP contribution is 2.21. The monoisotopic (exact) mass is 341 g/mol. The summed E-state index contributed by atoms with van der Waals surface area (Å²) in [6, 6.07) is -0.161. The van der Waals surface area contributed by atoms with Crippen molar-refractivity contribution in [3.8, 4) is 0 Å². The number of hydrogen-bond donors (Lipinski definition) is 2. The zero-order valence-corrected chi connectivity index (χ0v) is 13.2. The predicted molar refractivity (Wildman–Crippen MR) is 76.9 cm³/mol. The lowest BCUT2D eigenvalue weighted by molar-refractivity contribution is 0.0590. The van der Waals surface area contributed by atoms with Gasteiger partial charge in [0.05, 0.1) is 12.6 Å². The number of nitrogens with zero attached hydrogens (tertiary/aromatic N) is 1. The van der Waals surface area contributed by atoms with Gasteiger partial charge in [0.2, 0.25) is 0 Å². The normalized spacial score (nSPS) is 19.1. The summed E-state index contributed by atoms with van der Waals surface area (Å²) in [7, 11) is -2.55. The molecule has 1 aromatic rings. The fraction of sp³-hybridized carbons (Fsp3) is 0.600. The molecule has 1 fully saturated rings. The Morgan fingerprint density at radius 2 is 2.35 bits per heavy atom. The van der Waals surface area contributed by atoms with Crippen LogP contribution in [0.5, 0.6) is 0 Å². The largest absolute Gasteiger partial charge is 0.464 e. The van der Waals surface area contributed by atoms with Crippen LogP contribution >= 0.6 is 23.7 Å². The van der Waals surface area contributed by atoms with Crippen molar-refractivity contribution in [2.75, 3.05) is 20.2 Å². The molecule has 20 heavy (non-hydrogen) atoms. The Hall–Kier alpha value is -0.740. The van der Waals surface area contributed by atoms with Gasteiger partial charge in [-0.3, -0.25) is 0 Å². The van der Waals surface area contributed by atoms with Crippen molar-refractivity contribution in [1.82, 2.24) is 15.0 Å². The molecule has 1 aliphatic heterocycles. The predicted octanol–water partition coefficient (Wildman–Crippen LogP) is 0.382. The second-order valence-electron chi connectivity index (χ2n) is 4.14. The maximum atomic E-state index is 12.2. The van der Waals surface area contributed by atoms with Gasteiger partial charge >= 0.3 is 5.97 Å². The Kier molecular flexibility index (Phi) is 6.34. The van der Waals surface area contributed by atoms with E-state index in [2.05, 4.69) is 19.8 Å². The van der Waals surface area contributed by atoms with Crippen molar-refractivity contribution < 1.29 is 17.9 Å². The summed E-state index contributed by atoms with van der Waals surface area (Å²) in [5.74, 6) is -0.747. The van der Waals surface area contributed by atoms with E-state index in [4.69, 9.17) is 0 Å². The van der Waals surface area contributed by atoms with Gasteiger partial charge in [0.25, 0.3) is 10.0 Å². The summed E-state index contributed by atoms with van der Waals surface area (Å²) in [4.78, 5) is 15.2. The highest BCUT2D eigenvalue weighted by Gasteiger charge is 2.29. The molecule has 10 heteroatoms. The molecular weight excluding hydrogens is 326 g/mol. The van der Waals surface area contributed by atoms with Crippen LogP contribution in [-0.4, -0.2) is 45.6 Å². The van der Waals surface area contributed by atoms with Gasteiger partial charge in [-0.05, 0) is 19.4 Å². The van der Waals surface area contributed by atoms with Crippen LogP contribution in [0.15, 0.2) is 9.72 Å². The highest BCUT2D eigenvalue weighted by atomic mass is 35.5. The Bertz CT molecular complexity index is 555. The third-order valence-corrected chi connectivity index (χ3v) is 5.67. The average Bonchev–Trinajstić information content (AvgIpc) is 2.88. The fourth-order valence-electron chi connectivity index (χ4n) is 1.88. The van der Waals surface area contributed by atoms with Crippen LogP contribution in [0.3, 0.4) is 0 Å². The molecule has 1 aromatic heterocycles. The number of piperidine rings is 1. The van der Waals surface area contributed by atoms with Crippen molar-refractivity contribution in [2.24, 2.45) is 0 Å². The van der Waals surface area contributed by atoms with Gasteiger partial charge in [0.1, 0.15) is 0 Å². The molecule has 0 amide bonds. The van der Waals surface area contributed by atoms with Gasteiger partial charge in [-0.15, -0.1) is 23.7 Å². The average molecular weight is 342 g/mol. The first-order chi connectivity index (χ1) is 9.04. The summed E-state index contributed by atoms with van der Waals surface area (Å²) >= 11 is 0.906. The molecule has 1 atom stereocenters. The van der Waals surface area contributed by atoms with Crippen LogP contribution in [0.2, 0.25) is 0 Å². The first-order valence-electron chi connectivity index (χ1n) is 5.79. The van der Waals surface area contributed by atoms with Gasteiger partial charge in [-0.25, -0.2) is 22.9 Å². The Morgan fingerprint density at radius 3 is 2.95 bits per heavy atom. The van der Waals surface area contributed by atoms with Crippen molar-refractivity contribution in [3.05, 3.63) is 11.2 Å².